The lowest BCUT2D eigenvalue weighted by Gasteiger charge is -2.11. The van der Waals surface area contributed by atoms with E-state index in [1.54, 1.807) is 0 Å². The van der Waals surface area contributed by atoms with Crippen molar-refractivity contribution in [2.45, 2.75) is 6.43 Å². The minimum Gasteiger partial charge on any atom is -0.464 e. The predicted octanol–water partition coefficient (Wildman–Crippen LogP) is 5.43. The van der Waals surface area contributed by atoms with Gasteiger partial charge in [-0.05, 0) is 24.3 Å². The summed E-state index contributed by atoms with van der Waals surface area (Å²) in [5.41, 5.74) is -0.208. The van der Waals surface area contributed by atoms with E-state index in [4.69, 9.17) is 34.8 Å². The van der Waals surface area contributed by atoms with Gasteiger partial charge >= 0.3 is 5.97 Å². The van der Waals surface area contributed by atoms with Crippen molar-refractivity contribution in [3.63, 3.8) is 0 Å². The summed E-state index contributed by atoms with van der Waals surface area (Å²) < 4.78 is 30.6. The summed E-state index contributed by atoms with van der Waals surface area (Å²) in [4.78, 5) is 15.6. The molecule has 0 saturated carbocycles. The van der Waals surface area contributed by atoms with Crippen LogP contribution in [0.4, 0.5) is 8.78 Å². The monoisotopic (exact) mass is 365 g/mol. The Morgan fingerprint density at radius 1 is 1.14 bits per heavy atom. The lowest BCUT2D eigenvalue weighted by atomic mass is 10.1. The molecule has 0 fully saturated rings. The summed E-state index contributed by atoms with van der Waals surface area (Å²) >= 11 is 17.6. The van der Waals surface area contributed by atoms with Crippen molar-refractivity contribution in [1.82, 2.24) is 4.98 Å². The van der Waals surface area contributed by atoms with Crippen molar-refractivity contribution in [1.29, 1.82) is 0 Å². The van der Waals surface area contributed by atoms with E-state index in [1.165, 1.54) is 31.4 Å². The van der Waals surface area contributed by atoms with Gasteiger partial charge in [-0.3, -0.25) is 0 Å². The zero-order valence-corrected chi connectivity index (χ0v) is 13.3. The molecule has 3 nitrogen and oxygen atoms in total. The minimum absolute atomic E-state index is 0.0785. The maximum atomic E-state index is 13.0. The Kier molecular flexibility index (Phi) is 5.21. The van der Waals surface area contributed by atoms with Crippen molar-refractivity contribution in [2.24, 2.45) is 0 Å². The number of rotatable bonds is 3. The third kappa shape index (κ3) is 3.16. The molecule has 116 valence electrons. The third-order valence-corrected chi connectivity index (χ3v) is 3.89. The molecule has 0 saturated heterocycles. The summed E-state index contributed by atoms with van der Waals surface area (Å²) in [7, 11) is 1.18. The lowest BCUT2D eigenvalue weighted by molar-refractivity contribution is 0.0594. The first-order chi connectivity index (χ1) is 10.4. The molecule has 8 heteroatoms. The Labute approximate surface area is 139 Å². The van der Waals surface area contributed by atoms with Crippen molar-refractivity contribution in [3.8, 4) is 11.3 Å². The van der Waals surface area contributed by atoms with Gasteiger partial charge in [0.15, 0.2) is 5.69 Å². The Morgan fingerprint density at radius 3 is 2.36 bits per heavy atom. The highest BCUT2D eigenvalue weighted by molar-refractivity contribution is 6.38. The fourth-order valence-electron chi connectivity index (χ4n) is 1.80. The maximum absolute atomic E-state index is 13.0. The zero-order chi connectivity index (χ0) is 16.4. The van der Waals surface area contributed by atoms with Gasteiger partial charge in [-0.25, -0.2) is 18.6 Å². The molecule has 0 aliphatic heterocycles. The smallest absolute Gasteiger partial charge is 0.358 e. The zero-order valence-electron chi connectivity index (χ0n) is 11.0. The van der Waals surface area contributed by atoms with E-state index in [0.717, 1.165) is 0 Å². The van der Waals surface area contributed by atoms with Crippen LogP contribution in [0.1, 0.15) is 22.5 Å². The van der Waals surface area contributed by atoms with E-state index in [1.807, 2.05) is 0 Å². The number of halogens is 5. The Hall–Kier alpha value is -1.43. The molecule has 0 unspecified atom stereocenters. The second-order valence-electron chi connectivity index (χ2n) is 4.14. The number of methoxy groups -OCH3 is 1. The van der Waals surface area contributed by atoms with Gasteiger partial charge in [-0.1, -0.05) is 34.8 Å². The van der Waals surface area contributed by atoms with Crippen LogP contribution in [0.15, 0.2) is 24.3 Å². The van der Waals surface area contributed by atoms with E-state index in [-0.39, 0.29) is 32.0 Å². The normalized spacial score (nSPS) is 10.9. The number of hydrogen-bond acceptors (Lipinski definition) is 3. The van der Waals surface area contributed by atoms with Gasteiger partial charge in [-0.15, -0.1) is 0 Å². The quantitative estimate of drug-likeness (QED) is 0.680. The highest BCUT2D eigenvalue weighted by atomic mass is 35.5. The third-order valence-electron chi connectivity index (χ3n) is 2.85. The SMILES string of the molecule is COC(=O)c1nc(-c2ccc(Cl)c(C(F)F)c2Cl)ccc1Cl. The van der Waals surface area contributed by atoms with Crippen LogP contribution in [-0.4, -0.2) is 18.1 Å². The Balaban J connectivity index is 2.63. The number of nitrogens with zero attached hydrogens (tertiary/aromatic N) is 1. The number of aromatic nitrogens is 1. The average Bonchev–Trinajstić information content (AvgIpc) is 2.47. The number of esters is 1. The van der Waals surface area contributed by atoms with Crippen molar-refractivity contribution in [2.75, 3.05) is 7.11 Å². The number of pyridine rings is 1. The van der Waals surface area contributed by atoms with Gasteiger partial charge in [0.1, 0.15) is 0 Å². The number of carbonyl (C=O) groups is 1. The molecular formula is C14H8Cl3F2NO2. The molecule has 22 heavy (non-hydrogen) atoms. The van der Waals surface area contributed by atoms with Crippen LogP contribution in [0.3, 0.4) is 0 Å². The summed E-state index contributed by atoms with van der Waals surface area (Å²) in [5.74, 6) is -0.744. The fraction of sp³-hybridized carbons (Fsp3) is 0.143. The lowest BCUT2D eigenvalue weighted by Crippen LogP contribution is -2.06. The van der Waals surface area contributed by atoms with Gasteiger partial charge in [-0.2, -0.15) is 0 Å². The fourth-order valence-corrected chi connectivity index (χ4v) is 2.61. The number of ether oxygens (including phenoxy) is 1. The average molecular weight is 367 g/mol. The van der Waals surface area contributed by atoms with Gasteiger partial charge in [0.05, 0.1) is 33.4 Å². The molecule has 0 bridgehead atoms. The molecule has 0 aliphatic carbocycles. The van der Waals surface area contributed by atoms with Crippen molar-refractivity contribution >= 4 is 40.8 Å². The molecule has 2 aromatic rings. The first-order valence-electron chi connectivity index (χ1n) is 5.88. The standard InChI is InChI=1S/C14H8Cl3F2NO2/c1-22-14(21)12-8(16)4-5-9(20-12)6-2-3-7(15)10(11(6)17)13(18)19/h2-5,13H,1H3. The summed E-state index contributed by atoms with van der Waals surface area (Å²) in [5, 5.41) is -0.297. The van der Waals surface area contributed by atoms with Crippen LogP contribution in [0.25, 0.3) is 11.3 Å². The first kappa shape index (κ1) is 16.9. The molecule has 0 atom stereocenters. The van der Waals surface area contributed by atoms with E-state index < -0.39 is 18.0 Å². The predicted molar refractivity (Wildman–Crippen MR) is 81.0 cm³/mol. The van der Waals surface area contributed by atoms with Gasteiger partial charge < -0.3 is 4.74 Å². The van der Waals surface area contributed by atoms with E-state index >= 15 is 0 Å². The van der Waals surface area contributed by atoms with Crippen LogP contribution < -0.4 is 0 Å². The van der Waals surface area contributed by atoms with Crippen LogP contribution in [0.2, 0.25) is 15.1 Å². The molecule has 0 radical (unpaired) electrons. The maximum Gasteiger partial charge on any atom is 0.358 e. The molecule has 1 heterocycles. The summed E-state index contributed by atoms with van der Waals surface area (Å²) in [6.45, 7) is 0. The van der Waals surface area contributed by atoms with E-state index in [9.17, 15) is 13.6 Å². The molecule has 1 aromatic carbocycles. The molecular weight excluding hydrogens is 359 g/mol. The van der Waals surface area contributed by atoms with Crippen LogP contribution >= 0.6 is 34.8 Å². The number of alkyl halides is 2. The molecule has 1 aromatic heterocycles. The van der Waals surface area contributed by atoms with Crippen LogP contribution in [-0.2, 0) is 4.74 Å². The van der Waals surface area contributed by atoms with Crippen LogP contribution in [0, 0.1) is 0 Å². The highest BCUT2D eigenvalue weighted by Gasteiger charge is 2.21. The van der Waals surface area contributed by atoms with Gasteiger partial charge in [0, 0.05) is 5.56 Å². The van der Waals surface area contributed by atoms with E-state index in [0.29, 0.717) is 0 Å². The van der Waals surface area contributed by atoms with Crippen molar-refractivity contribution in [3.05, 3.63) is 50.6 Å². The molecule has 0 spiro atoms. The second kappa shape index (κ2) is 6.77. The molecule has 2 rings (SSSR count). The van der Waals surface area contributed by atoms with E-state index in [2.05, 4.69) is 9.72 Å². The van der Waals surface area contributed by atoms with Crippen molar-refractivity contribution < 1.29 is 18.3 Å². The Morgan fingerprint density at radius 2 is 1.77 bits per heavy atom. The second-order valence-corrected chi connectivity index (χ2v) is 5.33. The van der Waals surface area contributed by atoms with Crippen LogP contribution in [0.5, 0.6) is 0 Å². The topological polar surface area (TPSA) is 39.2 Å². The minimum atomic E-state index is -2.84. The number of benzene rings is 1. The van der Waals surface area contributed by atoms with Gasteiger partial charge in [0.2, 0.25) is 0 Å². The molecule has 0 amide bonds. The van der Waals surface area contributed by atoms with Gasteiger partial charge in [0.25, 0.3) is 6.43 Å². The highest BCUT2D eigenvalue weighted by Crippen LogP contribution is 2.39. The Bertz CT molecular complexity index is 738. The molecule has 0 aliphatic rings. The summed E-state index contributed by atoms with van der Waals surface area (Å²) in [6.07, 6.45) is -2.84. The number of carbonyl (C=O) groups excluding carboxylic acids is 1. The molecule has 0 N–H and O–H groups in total. The number of hydrogen-bond donors (Lipinski definition) is 0. The summed E-state index contributed by atoms with van der Waals surface area (Å²) in [6, 6.07) is 5.59. The first-order valence-corrected chi connectivity index (χ1v) is 7.01. The largest absolute Gasteiger partial charge is 0.464 e.